The molecule has 7 heteroatoms. The maximum atomic E-state index is 11.8. The number of hydrogen-bond acceptors (Lipinski definition) is 4. The topological polar surface area (TPSA) is 72.5 Å². The highest BCUT2D eigenvalue weighted by molar-refractivity contribution is 7.91. The minimum absolute atomic E-state index is 0.0249. The molecule has 1 N–H and O–H groups in total. The maximum Gasteiger partial charge on any atom is 0.258 e. The van der Waals surface area contributed by atoms with Gasteiger partial charge in [0.25, 0.3) is 5.91 Å². The first-order chi connectivity index (χ1) is 9.28. The molecule has 0 aromatic heterocycles. The van der Waals surface area contributed by atoms with E-state index in [1.807, 2.05) is 0 Å². The lowest BCUT2D eigenvalue weighted by Crippen LogP contribution is -2.48. The highest BCUT2D eigenvalue weighted by Gasteiger charge is 2.39. The molecule has 1 aromatic carbocycles. The molecule has 1 amide bonds. The summed E-state index contributed by atoms with van der Waals surface area (Å²) in [5, 5.41) is 3.24. The van der Waals surface area contributed by atoms with E-state index in [0.29, 0.717) is 17.2 Å². The number of carbonyl (C=O) groups excluding carboxylic acids is 1. The van der Waals surface area contributed by atoms with E-state index < -0.39 is 15.4 Å². The van der Waals surface area contributed by atoms with Gasteiger partial charge in [0, 0.05) is 5.02 Å². The number of benzene rings is 1. The first kappa shape index (κ1) is 15.1. The number of amides is 1. The quantitative estimate of drug-likeness (QED) is 0.911. The third-order valence-electron chi connectivity index (χ3n) is 3.11. The Labute approximate surface area is 123 Å². The lowest BCUT2D eigenvalue weighted by atomic mass is 10.0. The summed E-state index contributed by atoms with van der Waals surface area (Å²) in [7, 11) is -3.05. The van der Waals surface area contributed by atoms with E-state index >= 15 is 0 Å². The Balaban J connectivity index is 1.87. The first-order valence-electron chi connectivity index (χ1n) is 6.18. The van der Waals surface area contributed by atoms with Crippen LogP contribution in [0.2, 0.25) is 5.02 Å². The van der Waals surface area contributed by atoms with E-state index in [1.54, 1.807) is 31.2 Å². The Hall–Kier alpha value is -1.27. The Kier molecular flexibility index (Phi) is 4.25. The second-order valence-corrected chi connectivity index (χ2v) is 7.82. The molecule has 1 fully saturated rings. The van der Waals surface area contributed by atoms with Gasteiger partial charge >= 0.3 is 0 Å². The van der Waals surface area contributed by atoms with Crippen molar-refractivity contribution in [1.82, 2.24) is 5.32 Å². The van der Waals surface area contributed by atoms with Crippen LogP contribution in [0.25, 0.3) is 0 Å². The summed E-state index contributed by atoms with van der Waals surface area (Å²) in [6.07, 6.45) is 0.429. The molecular formula is C13H16ClNO4S. The summed E-state index contributed by atoms with van der Waals surface area (Å²) >= 11 is 5.80. The zero-order chi connectivity index (χ0) is 14.8. The molecule has 1 atom stereocenters. The predicted octanol–water partition coefficient (Wildman–Crippen LogP) is 1.41. The molecule has 0 aliphatic carbocycles. The molecule has 1 heterocycles. The number of ether oxygens (including phenoxy) is 1. The molecule has 110 valence electrons. The molecule has 2 rings (SSSR count). The Morgan fingerprint density at radius 3 is 2.85 bits per heavy atom. The molecule has 1 saturated heterocycles. The fourth-order valence-corrected chi connectivity index (χ4v) is 4.46. The van der Waals surface area contributed by atoms with Crippen molar-refractivity contribution in [2.75, 3.05) is 18.1 Å². The summed E-state index contributed by atoms with van der Waals surface area (Å²) in [5.41, 5.74) is -0.701. The lowest BCUT2D eigenvalue weighted by molar-refractivity contribution is -0.124. The van der Waals surface area contributed by atoms with Crippen LogP contribution in [-0.2, 0) is 14.6 Å². The van der Waals surface area contributed by atoms with Gasteiger partial charge in [-0.05, 0) is 31.5 Å². The van der Waals surface area contributed by atoms with Crippen LogP contribution < -0.4 is 10.1 Å². The first-order valence-corrected chi connectivity index (χ1v) is 8.38. The SMILES string of the molecule is C[C@@]1(NC(=O)COc2cccc(Cl)c2)CCS(=O)(=O)C1. The van der Waals surface area contributed by atoms with E-state index in [9.17, 15) is 13.2 Å². The van der Waals surface area contributed by atoms with Crippen molar-refractivity contribution in [3.8, 4) is 5.75 Å². The second-order valence-electron chi connectivity index (χ2n) is 5.20. The molecule has 0 radical (unpaired) electrons. The minimum atomic E-state index is -3.05. The Morgan fingerprint density at radius 1 is 1.50 bits per heavy atom. The van der Waals surface area contributed by atoms with Crippen molar-refractivity contribution in [1.29, 1.82) is 0 Å². The van der Waals surface area contributed by atoms with Crippen LogP contribution in [-0.4, -0.2) is 38.0 Å². The van der Waals surface area contributed by atoms with Crippen LogP contribution in [0.4, 0.5) is 0 Å². The van der Waals surface area contributed by atoms with Crippen LogP contribution in [0.15, 0.2) is 24.3 Å². The van der Waals surface area contributed by atoms with Crippen molar-refractivity contribution in [2.45, 2.75) is 18.9 Å². The van der Waals surface area contributed by atoms with E-state index in [1.165, 1.54) is 0 Å². The van der Waals surface area contributed by atoms with Crippen LogP contribution in [0.3, 0.4) is 0 Å². The van der Waals surface area contributed by atoms with Crippen LogP contribution in [0.1, 0.15) is 13.3 Å². The molecular weight excluding hydrogens is 302 g/mol. The number of rotatable bonds is 4. The normalized spacial score (nSPS) is 24.3. The molecule has 1 aliphatic heterocycles. The van der Waals surface area contributed by atoms with Crippen molar-refractivity contribution < 1.29 is 17.9 Å². The van der Waals surface area contributed by atoms with Crippen LogP contribution in [0.5, 0.6) is 5.75 Å². The smallest absolute Gasteiger partial charge is 0.258 e. The summed E-state index contributed by atoms with van der Waals surface area (Å²) in [4.78, 5) is 11.8. The van der Waals surface area contributed by atoms with Crippen molar-refractivity contribution in [2.24, 2.45) is 0 Å². The number of sulfone groups is 1. The zero-order valence-corrected chi connectivity index (χ0v) is 12.6. The van der Waals surface area contributed by atoms with Gasteiger partial charge < -0.3 is 10.1 Å². The third kappa shape index (κ3) is 4.11. The van der Waals surface area contributed by atoms with Gasteiger partial charge in [-0.3, -0.25) is 4.79 Å². The molecule has 0 saturated carbocycles. The third-order valence-corrected chi connectivity index (χ3v) is 5.25. The number of halogens is 1. The number of nitrogens with one attached hydrogen (secondary N) is 1. The molecule has 0 bridgehead atoms. The van der Waals surface area contributed by atoms with Gasteiger partial charge in [0.2, 0.25) is 0 Å². The molecule has 20 heavy (non-hydrogen) atoms. The number of carbonyl (C=O) groups is 1. The fourth-order valence-electron chi connectivity index (χ4n) is 2.19. The van der Waals surface area contributed by atoms with Gasteiger partial charge in [-0.15, -0.1) is 0 Å². The van der Waals surface area contributed by atoms with Gasteiger partial charge in [0.05, 0.1) is 17.0 Å². The van der Waals surface area contributed by atoms with Gasteiger partial charge in [0.1, 0.15) is 5.75 Å². The summed E-state index contributed by atoms with van der Waals surface area (Å²) in [6.45, 7) is 1.56. The minimum Gasteiger partial charge on any atom is -0.484 e. The van der Waals surface area contributed by atoms with Crippen molar-refractivity contribution >= 4 is 27.3 Å². The predicted molar refractivity (Wildman–Crippen MR) is 76.8 cm³/mol. The monoisotopic (exact) mass is 317 g/mol. The number of hydrogen-bond donors (Lipinski definition) is 1. The van der Waals surface area contributed by atoms with Crippen LogP contribution >= 0.6 is 11.6 Å². The van der Waals surface area contributed by atoms with Gasteiger partial charge in [-0.1, -0.05) is 17.7 Å². The molecule has 0 unspecified atom stereocenters. The average molecular weight is 318 g/mol. The van der Waals surface area contributed by atoms with Gasteiger partial charge in [0.15, 0.2) is 16.4 Å². The zero-order valence-electron chi connectivity index (χ0n) is 11.1. The highest BCUT2D eigenvalue weighted by atomic mass is 35.5. The molecule has 1 aromatic rings. The highest BCUT2D eigenvalue weighted by Crippen LogP contribution is 2.22. The molecule has 5 nitrogen and oxygen atoms in total. The van der Waals surface area contributed by atoms with Gasteiger partial charge in [-0.25, -0.2) is 8.42 Å². The molecule has 0 spiro atoms. The van der Waals surface area contributed by atoms with E-state index in [2.05, 4.69) is 5.32 Å². The fraction of sp³-hybridized carbons (Fsp3) is 0.462. The van der Waals surface area contributed by atoms with Crippen LogP contribution in [0, 0.1) is 0 Å². The summed E-state index contributed by atoms with van der Waals surface area (Å²) in [6, 6.07) is 6.73. The largest absolute Gasteiger partial charge is 0.484 e. The standard InChI is InChI=1S/C13H16ClNO4S/c1-13(5-6-20(17,18)9-13)15-12(16)8-19-11-4-2-3-10(14)7-11/h2-4,7H,5-6,8-9H2,1H3,(H,15,16)/t13-/m1/s1. The average Bonchev–Trinajstić information content (AvgIpc) is 2.61. The van der Waals surface area contributed by atoms with E-state index in [0.717, 1.165) is 0 Å². The Bertz CT molecular complexity index is 617. The Morgan fingerprint density at radius 2 is 2.25 bits per heavy atom. The van der Waals surface area contributed by atoms with Gasteiger partial charge in [-0.2, -0.15) is 0 Å². The van der Waals surface area contributed by atoms with E-state index in [-0.39, 0.29) is 24.0 Å². The molecule has 1 aliphatic rings. The summed E-state index contributed by atoms with van der Waals surface area (Å²) < 4.78 is 28.2. The van der Waals surface area contributed by atoms with Crippen molar-refractivity contribution in [3.63, 3.8) is 0 Å². The maximum absolute atomic E-state index is 11.8. The van der Waals surface area contributed by atoms with Crippen molar-refractivity contribution in [3.05, 3.63) is 29.3 Å². The lowest BCUT2D eigenvalue weighted by Gasteiger charge is -2.23. The summed E-state index contributed by atoms with van der Waals surface area (Å²) in [5.74, 6) is 0.239. The second kappa shape index (κ2) is 5.61. The van der Waals surface area contributed by atoms with E-state index in [4.69, 9.17) is 16.3 Å².